The molecule has 0 aromatic heterocycles. The molecule has 1 aliphatic heterocycles. The average molecular weight is 309 g/mol. The van der Waals surface area contributed by atoms with E-state index in [1.807, 2.05) is 6.07 Å². The zero-order valence-corrected chi connectivity index (χ0v) is 12.0. The molecule has 3 N–H and O–H groups in total. The maximum absolute atomic E-state index is 12.3. The second kappa shape index (κ2) is 5.81. The summed E-state index contributed by atoms with van der Waals surface area (Å²) in [5.74, 6) is -0.458. The highest BCUT2D eigenvalue weighted by molar-refractivity contribution is 7.89. The number of primary sulfonamides is 1. The lowest BCUT2D eigenvalue weighted by Crippen LogP contribution is -2.39. The van der Waals surface area contributed by atoms with Crippen LogP contribution in [0.15, 0.2) is 29.2 Å². The van der Waals surface area contributed by atoms with Crippen LogP contribution in [0, 0.1) is 16.7 Å². The van der Waals surface area contributed by atoms with Gasteiger partial charge in [0.2, 0.25) is 15.9 Å². The molecule has 2 rings (SSSR count). The second-order valence-electron chi connectivity index (χ2n) is 4.83. The zero-order valence-electron chi connectivity index (χ0n) is 11.2. The van der Waals surface area contributed by atoms with Gasteiger partial charge in [0.1, 0.15) is 5.41 Å². The Morgan fingerprint density at radius 3 is 2.62 bits per heavy atom. The highest BCUT2D eigenvalue weighted by atomic mass is 32.2. The Morgan fingerprint density at radius 1 is 1.38 bits per heavy atom. The van der Waals surface area contributed by atoms with Crippen LogP contribution < -0.4 is 10.5 Å². The number of nitriles is 1. The summed E-state index contributed by atoms with van der Waals surface area (Å²) < 4.78 is 27.7. The van der Waals surface area contributed by atoms with E-state index >= 15 is 0 Å². The molecule has 21 heavy (non-hydrogen) atoms. The fourth-order valence-corrected chi connectivity index (χ4v) is 2.67. The van der Waals surface area contributed by atoms with Gasteiger partial charge in [-0.2, -0.15) is 5.26 Å². The summed E-state index contributed by atoms with van der Waals surface area (Å²) in [5, 5.41) is 16.9. The number of benzene rings is 1. The van der Waals surface area contributed by atoms with Crippen molar-refractivity contribution in [2.24, 2.45) is 10.6 Å². The molecule has 1 aromatic carbocycles. The lowest BCUT2D eigenvalue weighted by Gasteiger charge is -2.29. The standard InChI is InChI=1S/C13H15N3O4S/c14-9-13(4-6-20-7-5-13)12(17)16-10-2-1-3-11(8-10)21(15,18)19/h1-3,8H,4-7H2,(H,16,17)(H2,15,18,19). The first-order valence-corrected chi connectivity index (χ1v) is 7.85. The lowest BCUT2D eigenvalue weighted by atomic mass is 9.81. The molecule has 0 saturated carbocycles. The molecule has 0 spiro atoms. The predicted molar refractivity (Wildman–Crippen MR) is 74.5 cm³/mol. The van der Waals surface area contributed by atoms with Crippen LogP contribution >= 0.6 is 0 Å². The van der Waals surface area contributed by atoms with Gasteiger partial charge in [0, 0.05) is 18.9 Å². The van der Waals surface area contributed by atoms with Crippen LogP contribution in [0.5, 0.6) is 0 Å². The summed E-state index contributed by atoms with van der Waals surface area (Å²) in [7, 11) is -3.84. The Balaban J connectivity index is 2.22. The minimum Gasteiger partial charge on any atom is -0.381 e. The molecular weight excluding hydrogens is 294 g/mol. The third kappa shape index (κ3) is 3.39. The Morgan fingerprint density at radius 2 is 2.05 bits per heavy atom. The molecule has 1 aromatic rings. The number of ether oxygens (including phenoxy) is 1. The van der Waals surface area contributed by atoms with E-state index in [0.29, 0.717) is 26.1 Å². The highest BCUT2D eigenvalue weighted by Crippen LogP contribution is 2.31. The van der Waals surface area contributed by atoms with Gasteiger partial charge in [-0.25, -0.2) is 13.6 Å². The number of rotatable bonds is 3. The van der Waals surface area contributed by atoms with E-state index in [-0.39, 0.29) is 10.6 Å². The molecule has 1 fully saturated rings. The molecule has 1 saturated heterocycles. The lowest BCUT2D eigenvalue weighted by molar-refractivity contribution is -0.126. The number of carbonyl (C=O) groups is 1. The molecule has 0 atom stereocenters. The first kappa shape index (κ1) is 15.4. The van der Waals surface area contributed by atoms with Crippen LogP contribution in [-0.2, 0) is 19.6 Å². The zero-order chi connectivity index (χ0) is 15.5. The van der Waals surface area contributed by atoms with Crippen molar-refractivity contribution in [2.45, 2.75) is 17.7 Å². The van der Waals surface area contributed by atoms with Gasteiger partial charge in [0.15, 0.2) is 0 Å². The number of sulfonamides is 1. The van der Waals surface area contributed by atoms with Crippen molar-refractivity contribution in [3.8, 4) is 6.07 Å². The van der Waals surface area contributed by atoms with Crippen molar-refractivity contribution >= 4 is 21.6 Å². The second-order valence-corrected chi connectivity index (χ2v) is 6.39. The minimum atomic E-state index is -3.84. The van der Waals surface area contributed by atoms with Gasteiger partial charge in [0.05, 0.1) is 11.0 Å². The molecule has 0 unspecified atom stereocenters. The van der Waals surface area contributed by atoms with Gasteiger partial charge in [-0.15, -0.1) is 0 Å². The van der Waals surface area contributed by atoms with Crippen LogP contribution in [-0.4, -0.2) is 27.5 Å². The summed E-state index contributed by atoms with van der Waals surface area (Å²) in [6.07, 6.45) is 0.619. The first-order chi connectivity index (χ1) is 9.87. The molecule has 0 bridgehead atoms. The van der Waals surface area contributed by atoms with Crippen molar-refractivity contribution in [2.75, 3.05) is 18.5 Å². The van der Waals surface area contributed by atoms with Gasteiger partial charge in [-0.3, -0.25) is 4.79 Å². The van der Waals surface area contributed by atoms with E-state index in [1.165, 1.54) is 24.3 Å². The van der Waals surface area contributed by atoms with Crippen LogP contribution in [0.25, 0.3) is 0 Å². The van der Waals surface area contributed by atoms with Crippen molar-refractivity contribution in [1.82, 2.24) is 0 Å². The van der Waals surface area contributed by atoms with Crippen molar-refractivity contribution in [3.63, 3.8) is 0 Å². The average Bonchev–Trinajstić information content (AvgIpc) is 2.47. The number of anilines is 1. The number of nitrogens with two attached hydrogens (primary N) is 1. The molecule has 112 valence electrons. The molecule has 0 aliphatic carbocycles. The van der Waals surface area contributed by atoms with Crippen LogP contribution in [0.4, 0.5) is 5.69 Å². The first-order valence-electron chi connectivity index (χ1n) is 6.31. The van der Waals surface area contributed by atoms with Crippen molar-refractivity contribution in [1.29, 1.82) is 5.26 Å². The molecule has 1 heterocycles. The smallest absolute Gasteiger partial charge is 0.245 e. The molecule has 1 aliphatic rings. The summed E-state index contributed by atoms with van der Waals surface area (Å²) in [6, 6.07) is 7.65. The van der Waals surface area contributed by atoms with Gasteiger partial charge in [-0.05, 0) is 31.0 Å². The fraction of sp³-hybridized carbons (Fsp3) is 0.385. The summed E-state index contributed by atoms with van der Waals surface area (Å²) in [6.45, 7) is 0.691. The molecular formula is C13H15N3O4S. The fourth-order valence-electron chi connectivity index (χ4n) is 2.11. The maximum atomic E-state index is 12.3. The number of amides is 1. The van der Waals surface area contributed by atoms with Crippen LogP contribution in [0.1, 0.15) is 12.8 Å². The van der Waals surface area contributed by atoms with E-state index in [4.69, 9.17) is 9.88 Å². The molecule has 0 radical (unpaired) electrons. The third-order valence-corrected chi connectivity index (χ3v) is 4.33. The Labute approximate surface area is 122 Å². The Kier molecular flexibility index (Phi) is 4.27. The SMILES string of the molecule is N#CC1(C(=O)Nc2cccc(S(N)(=O)=O)c2)CCOCC1. The van der Waals surface area contributed by atoms with Crippen LogP contribution in [0.2, 0.25) is 0 Å². The van der Waals surface area contributed by atoms with E-state index in [1.54, 1.807) is 0 Å². The quantitative estimate of drug-likeness (QED) is 0.846. The maximum Gasteiger partial charge on any atom is 0.245 e. The van der Waals surface area contributed by atoms with Gasteiger partial charge < -0.3 is 10.1 Å². The monoisotopic (exact) mass is 309 g/mol. The van der Waals surface area contributed by atoms with Crippen molar-refractivity contribution < 1.29 is 17.9 Å². The number of hydrogen-bond donors (Lipinski definition) is 2. The van der Waals surface area contributed by atoms with Gasteiger partial charge in [-0.1, -0.05) is 6.07 Å². The molecule has 8 heteroatoms. The van der Waals surface area contributed by atoms with Crippen LogP contribution in [0.3, 0.4) is 0 Å². The molecule has 7 nitrogen and oxygen atoms in total. The van der Waals surface area contributed by atoms with E-state index in [9.17, 15) is 18.5 Å². The van der Waals surface area contributed by atoms with E-state index in [2.05, 4.69) is 5.32 Å². The van der Waals surface area contributed by atoms with E-state index in [0.717, 1.165) is 0 Å². The predicted octanol–water partition coefficient (Wildman–Crippen LogP) is 0.593. The summed E-state index contributed by atoms with van der Waals surface area (Å²) >= 11 is 0. The molecule has 1 amide bonds. The largest absolute Gasteiger partial charge is 0.381 e. The summed E-state index contributed by atoms with van der Waals surface area (Å²) in [5.41, 5.74) is -0.858. The number of carbonyl (C=O) groups excluding carboxylic acids is 1. The van der Waals surface area contributed by atoms with Crippen molar-refractivity contribution in [3.05, 3.63) is 24.3 Å². The Hall–Kier alpha value is -1.95. The summed E-state index contributed by atoms with van der Waals surface area (Å²) in [4.78, 5) is 12.2. The number of hydrogen-bond acceptors (Lipinski definition) is 5. The van der Waals surface area contributed by atoms with E-state index < -0.39 is 21.3 Å². The topological polar surface area (TPSA) is 122 Å². The normalized spacial score (nSPS) is 17.7. The third-order valence-electron chi connectivity index (χ3n) is 3.42. The number of nitrogens with one attached hydrogen (secondary N) is 1. The Bertz CT molecular complexity index is 688. The van der Waals surface area contributed by atoms with Gasteiger partial charge in [0.25, 0.3) is 0 Å². The minimum absolute atomic E-state index is 0.0988. The number of nitrogens with zero attached hydrogens (tertiary/aromatic N) is 1. The highest BCUT2D eigenvalue weighted by Gasteiger charge is 2.40. The van der Waals surface area contributed by atoms with Gasteiger partial charge >= 0.3 is 0 Å².